The van der Waals surface area contributed by atoms with Gasteiger partial charge in [-0.2, -0.15) is 0 Å². The molecule has 1 heterocycles. The van der Waals surface area contributed by atoms with E-state index in [0.29, 0.717) is 12.0 Å². The maximum Gasteiger partial charge on any atom is 0.277 e. The number of aromatic nitrogens is 1. The van der Waals surface area contributed by atoms with Gasteiger partial charge in [0.1, 0.15) is 5.82 Å². The third kappa shape index (κ3) is 2.93. The third-order valence-electron chi connectivity index (χ3n) is 2.95. The van der Waals surface area contributed by atoms with Gasteiger partial charge in [0.25, 0.3) is 5.69 Å². The van der Waals surface area contributed by atoms with Crippen LogP contribution in [0.25, 0.3) is 0 Å². The molecular weight excluding hydrogens is 238 g/mol. The topological polar surface area (TPSA) is 109 Å². The molecule has 100 valence electrons. The Bertz CT molecular complexity index is 424. The van der Waals surface area contributed by atoms with Gasteiger partial charge in [0.05, 0.1) is 29.7 Å². The van der Waals surface area contributed by atoms with Gasteiger partial charge in [-0.1, -0.05) is 6.92 Å². The molecule has 0 spiro atoms. The smallest absolute Gasteiger partial charge is 0.277 e. The van der Waals surface area contributed by atoms with Crippen LogP contribution in [0.3, 0.4) is 0 Å². The molecule has 7 nitrogen and oxygen atoms in total. The average molecular weight is 255 g/mol. The summed E-state index contributed by atoms with van der Waals surface area (Å²) >= 11 is 0. The number of aryl methyl sites for hydroxylation is 1. The Morgan fingerprint density at radius 2 is 2.11 bits per heavy atom. The molecule has 3 N–H and O–H groups in total. The zero-order valence-corrected chi connectivity index (χ0v) is 10.4. The van der Waals surface area contributed by atoms with Crippen molar-refractivity contribution in [1.82, 2.24) is 4.98 Å². The first-order chi connectivity index (χ1) is 8.48. The van der Waals surface area contributed by atoms with E-state index in [1.54, 1.807) is 13.8 Å². The molecule has 0 bridgehead atoms. The molecule has 7 heteroatoms. The van der Waals surface area contributed by atoms with Crippen LogP contribution in [-0.4, -0.2) is 38.9 Å². The second kappa shape index (κ2) is 5.74. The fourth-order valence-electron chi connectivity index (χ4n) is 1.49. The Morgan fingerprint density at radius 1 is 1.50 bits per heavy atom. The summed E-state index contributed by atoms with van der Waals surface area (Å²) in [5.74, 6) is 0.261. The Morgan fingerprint density at radius 3 is 2.56 bits per heavy atom. The van der Waals surface area contributed by atoms with E-state index in [2.05, 4.69) is 10.3 Å². The molecule has 0 atom stereocenters. The summed E-state index contributed by atoms with van der Waals surface area (Å²) in [5.41, 5.74) is -0.509. The SMILES string of the molecule is CCC(CO)(CO)Nc1cc([N+](=O)[O-])c(C)cn1. The Balaban J connectivity index is 3.04. The van der Waals surface area contributed by atoms with Crippen LogP contribution in [0, 0.1) is 17.0 Å². The summed E-state index contributed by atoms with van der Waals surface area (Å²) in [5, 5.41) is 32.2. The van der Waals surface area contributed by atoms with Gasteiger partial charge in [-0.15, -0.1) is 0 Å². The predicted octanol–water partition coefficient (Wildman–Crippen LogP) is 0.844. The lowest BCUT2D eigenvalue weighted by Gasteiger charge is -2.30. The highest BCUT2D eigenvalue weighted by Gasteiger charge is 2.27. The van der Waals surface area contributed by atoms with E-state index in [9.17, 15) is 20.3 Å². The Hall–Kier alpha value is -1.73. The lowest BCUT2D eigenvalue weighted by Crippen LogP contribution is -2.45. The van der Waals surface area contributed by atoms with Crippen molar-refractivity contribution < 1.29 is 15.1 Å². The van der Waals surface area contributed by atoms with Crippen molar-refractivity contribution in [2.75, 3.05) is 18.5 Å². The van der Waals surface area contributed by atoms with Crippen LogP contribution in [0.15, 0.2) is 12.3 Å². The van der Waals surface area contributed by atoms with E-state index < -0.39 is 10.5 Å². The first-order valence-corrected chi connectivity index (χ1v) is 5.59. The molecule has 1 rings (SSSR count). The molecule has 18 heavy (non-hydrogen) atoms. The largest absolute Gasteiger partial charge is 0.394 e. The molecule has 0 saturated heterocycles. The van der Waals surface area contributed by atoms with E-state index in [4.69, 9.17) is 0 Å². The number of hydrogen-bond acceptors (Lipinski definition) is 6. The van der Waals surface area contributed by atoms with Crippen molar-refractivity contribution in [1.29, 1.82) is 0 Å². The van der Waals surface area contributed by atoms with E-state index in [0.717, 1.165) is 0 Å². The van der Waals surface area contributed by atoms with Crippen LogP contribution < -0.4 is 5.32 Å². The summed E-state index contributed by atoms with van der Waals surface area (Å²) in [4.78, 5) is 14.3. The number of rotatable bonds is 6. The second-order valence-corrected chi connectivity index (χ2v) is 4.19. The zero-order valence-electron chi connectivity index (χ0n) is 10.4. The number of hydrogen-bond donors (Lipinski definition) is 3. The summed E-state index contributed by atoms with van der Waals surface area (Å²) in [6.07, 6.45) is 1.85. The van der Waals surface area contributed by atoms with E-state index in [1.165, 1.54) is 12.3 Å². The van der Waals surface area contributed by atoms with Gasteiger partial charge in [-0.05, 0) is 13.3 Å². The van der Waals surface area contributed by atoms with E-state index in [-0.39, 0.29) is 24.7 Å². The fraction of sp³-hybridized carbons (Fsp3) is 0.545. The van der Waals surface area contributed by atoms with Gasteiger partial charge in [0.15, 0.2) is 0 Å². The van der Waals surface area contributed by atoms with Gasteiger partial charge in [-0.3, -0.25) is 10.1 Å². The summed E-state index contributed by atoms with van der Waals surface area (Å²) < 4.78 is 0. The molecule has 0 amide bonds. The monoisotopic (exact) mass is 255 g/mol. The number of nitrogens with zero attached hydrogens (tertiary/aromatic N) is 2. The molecule has 0 saturated carbocycles. The van der Waals surface area contributed by atoms with Crippen molar-refractivity contribution in [3.63, 3.8) is 0 Å². The van der Waals surface area contributed by atoms with Crippen molar-refractivity contribution in [3.8, 4) is 0 Å². The molecule has 0 fully saturated rings. The number of aliphatic hydroxyl groups is 2. The summed E-state index contributed by atoms with van der Waals surface area (Å²) in [6, 6.07) is 1.30. The second-order valence-electron chi connectivity index (χ2n) is 4.19. The lowest BCUT2D eigenvalue weighted by atomic mass is 9.98. The quantitative estimate of drug-likeness (QED) is 0.513. The molecule has 0 aliphatic carbocycles. The molecular formula is C11H17N3O4. The first kappa shape index (κ1) is 14.3. The normalized spacial score (nSPS) is 11.3. The van der Waals surface area contributed by atoms with Gasteiger partial charge in [0.2, 0.25) is 0 Å². The van der Waals surface area contributed by atoms with E-state index in [1.807, 2.05) is 0 Å². The van der Waals surface area contributed by atoms with Crippen molar-refractivity contribution in [2.24, 2.45) is 0 Å². The van der Waals surface area contributed by atoms with Crippen molar-refractivity contribution >= 4 is 11.5 Å². The van der Waals surface area contributed by atoms with E-state index >= 15 is 0 Å². The van der Waals surface area contributed by atoms with Crippen molar-refractivity contribution in [3.05, 3.63) is 27.9 Å². The summed E-state index contributed by atoms with van der Waals surface area (Å²) in [7, 11) is 0. The fourth-order valence-corrected chi connectivity index (χ4v) is 1.49. The minimum atomic E-state index is -0.921. The Labute approximate surface area is 105 Å². The average Bonchev–Trinajstić information content (AvgIpc) is 2.38. The number of aliphatic hydroxyl groups excluding tert-OH is 2. The standard InChI is InChI=1S/C11H17N3O4/c1-3-11(6-15,7-16)13-10-4-9(14(17)18)8(2)5-12-10/h4-5,15-16H,3,6-7H2,1-2H3,(H,12,13). The third-order valence-corrected chi connectivity index (χ3v) is 2.95. The lowest BCUT2D eigenvalue weighted by molar-refractivity contribution is -0.385. The molecule has 0 aliphatic rings. The highest BCUT2D eigenvalue weighted by atomic mass is 16.6. The zero-order chi connectivity index (χ0) is 13.8. The number of nitro groups is 1. The van der Waals surface area contributed by atoms with Crippen LogP contribution in [-0.2, 0) is 0 Å². The van der Waals surface area contributed by atoms with Crippen LogP contribution in [0.4, 0.5) is 11.5 Å². The maximum atomic E-state index is 10.8. The van der Waals surface area contributed by atoms with Gasteiger partial charge < -0.3 is 15.5 Å². The highest BCUT2D eigenvalue weighted by molar-refractivity contribution is 5.50. The number of anilines is 1. The molecule has 1 aromatic rings. The van der Waals surface area contributed by atoms with Gasteiger partial charge in [0, 0.05) is 11.8 Å². The molecule has 0 aliphatic heterocycles. The minimum Gasteiger partial charge on any atom is -0.394 e. The summed E-state index contributed by atoms with van der Waals surface area (Å²) in [6.45, 7) is 2.81. The maximum absolute atomic E-state index is 10.8. The first-order valence-electron chi connectivity index (χ1n) is 5.59. The highest BCUT2D eigenvalue weighted by Crippen LogP contribution is 2.23. The van der Waals surface area contributed by atoms with Gasteiger partial charge >= 0.3 is 0 Å². The number of pyridine rings is 1. The number of nitrogens with one attached hydrogen (secondary N) is 1. The van der Waals surface area contributed by atoms with Crippen molar-refractivity contribution in [2.45, 2.75) is 25.8 Å². The van der Waals surface area contributed by atoms with Gasteiger partial charge in [-0.25, -0.2) is 4.98 Å². The molecule has 0 radical (unpaired) electrons. The van der Waals surface area contributed by atoms with Crippen LogP contribution in [0.1, 0.15) is 18.9 Å². The van der Waals surface area contributed by atoms with Crippen LogP contribution in [0.5, 0.6) is 0 Å². The van der Waals surface area contributed by atoms with Crippen LogP contribution >= 0.6 is 0 Å². The minimum absolute atomic E-state index is 0.0478. The predicted molar refractivity (Wildman–Crippen MR) is 66.4 cm³/mol. The molecule has 0 unspecified atom stereocenters. The molecule has 1 aromatic heterocycles. The Kier molecular flexibility index (Phi) is 4.57. The molecule has 0 aromatic carbocycles. The van der Waals surface area contributed by atoms with Crippen LogP contribution in [0.2, 0.25) is 0 Å².